The molecule has 0 aliphatic carbocycles. The molecule has 1 aromatic heterocycles. The molecule has 3 N–H and O–H groups in total. The number of carbonyl (C=O) groups excluding carboxylic acids is 2. The second-order valence-corrected chi connectivity index (χ2v) is 10.8. The van der Waals surface area contributed by atoms with Gasteiger partial charge in [0, 0.05) is 35.6 Å². The molecule has 3 rings (SSSR count). The van der Waals surface area contributed by atoms with E-state index in [9.17, 15) is 9.59 Å². The SMILES string of the molecule is CCCCCCCCCCCCCCCCNC(=O)C(Cc1c[nH]c2ccccc12)NC(=O)c1ccccc1. The van der Waals surface area contributed by atoms with Crippen LogP contribution >= 0.6 is 0 Å². The molecule has 0 aliphatic heterocycles. The van der Waals surface area contributed by atoms with Crippen LogP contribution in [-0.2, 0) is 11.2 Å². The molecule has 5 nitrogen and oxygen atoms in total. The van der Waals surface area contributed by atoms with E-state index < -0.39 is 6.04 Å². The van der Waals surface area contributed by atoms with Gasteiger partial charge in [-0.15, -0.1) is 0 Å². The van der Waals surface area contributed by atoms with Crippen molar-refractivity contribution in [2.75, 3.05) is 6.54 Å². The Morgan fingerprint density at radius 2 is 1.28 bits per heavy atom. The predicted octanol–water partition coefficient (Wildman–Crippen LogP) is 8.11. The Hall–Kier alpha value is -3.08. The summed E-state index contributed by atoms with van der Waals surface area (Å²) in [4.78, 5) is 29.3. The van der Waals surface area contributed by atoms with Crippen LogP contribution in [0.3, 0.4) is 0 Å². The number of para-hydroxylation sites is 1. The zero-order chi connectivity index (χ0) is 27.5. The third-order valence-corrected chi connectivity index (χ3v) is 7.59. The largest absolute Gasteiger partial charge is 0.361 e. The first-order chi connectivity index (χ1) is 19.2. The minimum Gasteiger partial charge on any atom is -0.361 e. The molecule has 2 aromatic carbocycles. The van der Waals surface area contributed by atoms with Crippen LogP contribution in [0.25, 0.3) is 10.9 Å². The molecule has 1 heterocycles. The highest BCUT2D eigenvalue weighted by Crippen LogP contribution is 2.19. The van der Waals surface area contributed by atoms with Crippen LogP contribution in [0.5, 0.6) is 0 Å². The number of aromatic amines is 1. The Balaban J connectivity index is 1.35. The summed E-state index contributed by atoms with van der Waals surface area (Å²) in [7, 11) is 0. The van der Waals surface area contributed by atoms with E-state index in [2.05, 4.69) is 22.5 Å². The van der Waals surface area contributed by atoms with E-state index in [0.717, 1.165) is 29.3 Å². The van der Waals surface area contributed by atoms with Crippen molar-refractivity contribution in [2.24, 2.45) is 0 Å². The molecule has 2 amide bonds. The number of benzene rings is 2. The summed E-state index contributed by atoms with van der Waals surface area (Å²) in [5, 5.41) is 7.13. The van der Waals surface area contributed by atoms with Gasteiger partial charge in [-0.1, -0.05) is 127 Å². The maximum absolute atomic E-state index is 13.2. The predicted molar refractivity (Wildman–Crippen MR) is 163 cm³/mol. The molecule has 1 atom stereocenters. The lowest BCUT2D eigenvalue weighted by Gasteiger charge is -2.18. The van der Waals surface area contributed by atoms with Gasteiger partial charge in [0.15, 0.2) is 0 Å². The van der Waals surface area contributed by atoms with Gasteiger partial charge < -0.3 is 15.6 Å². The van der Waals surface area contributed by atoms with Crippen LogP contribution < -0.4 is 10.6 Å². The molecule has 0 bridgehead atoms. The van der Waals surface area contributed by atoms with Crippen molar-refractivity contribution in [3.8, 4) is 0 Å². The van der Waals surface area contributed by atoms with Gasteiger partial charge >= 0.3 is 0 Å². The summed E-state index contributed by atoms with van der Waals surface area (Å²) in [6.45, 7) is 2.91. The summed E-state index contributed by atoms with van der Waals surface area (Å²) in [6.07, 6.45) is 20.7. The normalized spacial score (nSPS) is 11.9. The molecule has 212 valence electrons. The number of fused-ring (bicyclic) bond motifs is 1. The Kier molecular flexibility index (Phi) is 14.3. The minimum absolute atomic E-state index is 0.126. The zero-order valence-corrected chi connectivity index (χ0v) is 24.0. The van der Waals surface area contributed by atoms with Gasteiger partial charge in [0.25, 0.3) is 5.91 Å². The summed E-state index contributed by atoms with van der Waals surface area (Å²) < 4.78 is 0. The van der Waals surface area contributed by atoms with Gasteiger partial charge in [-0.3, -0.25) is 9.59 Å². The zero-order valence-electron chi connectivity index (χ0n) is 24.0. The van der Waals surface area contributed by atoms with E-state index in [4.69, 9.17) is 0 Å². The Bertz CT molecular complexity index is 1090. The fourth-order valence-corrected chi connectivity index (χ4v) is 5.22. The highest BCUT2D eigenvalue weighted by Gasteiger charge is 2.23. The maximum Gasteiger partial charge on any atom is 0.251 e. The van der Waals surface area contributed by atoms with Crippen molar-refractivity contribution in [1.82, 2.24) is 15.6 Å². The summed E-state index contributed by atoms with van der Waals surface area (Å²) in [5.74, 6) is -0.355. The van der Waals surface area contributed by atoms with Gasteiger partial charge in [-0.05, 0) is 30.2 Å². The number of H-pyrrole nitrogens is 1. The number of nitrogens with one attached hydrogen (secondary N) is 3. The molecule has 0 fully saturated rings. The quantitative estimate of drug-likeness (QED) is 0.129. The molecule has 3 aromatic rings. The fourth-order valence-electron chi connectivity index (χ4n) is 5.22. The molecule has 39 heavy (non-hydrogen) atoms. The molecule has 1 unspecified atom stereocenters. The third kappa shape index (κ3) is 11.3. The van der Waals surface area contributed by atoms with E-state index in [1.807, 2.05) is 48.7 Å². The van der Waals surface area contributed by atoms with Gasteiger partial charge in [0.1, 0.15) is 6.04 Å². The number of rotatable bonds is 20. The smallest absolute Gasteiger partial charge is 0.251 e. The second-order valence-electron chi connectivity index (χ2n) is 10.8. The lowest BCUT2D eigenvalue weighted by atomic mass is 10.0. The van der Waals surface area contributed by atoms with E-state index >= 15 is 0 Å². The average molecular weight is 532 g/mol. The van der Waals surface area contributed by atoms with Gasteiger partial charge in [-0.25, -0.2) is 0 Å². The van der Waals surface area contributed by atoms with Crippen LogP contribution in [0.15, 0.2) is 60.8 Å². The molecule has 0 saturated carbocycles. The Morgan fingerprint density at radius 1 is 0.718 bits per heavy atom. The number of carbonyl (C=O) groups is 2. The average Bonchev–Trinajstić information content (AvgIpc) is 3.37. The number of unbranched alkanes of at least 4 members (excludes halogenated alkanes) is 13. The van der Waals surface area contributed by atoms with Crippen LogP contribution in [0.2, 0.25) is 0 Å². The van der Waals surface area contributed by atoms with Crippen molar-refractivity contribution in [3.05, 3.63) is 71.9 Å². The van der Waals surface area contributed by atoms with Crippen LogP contribution in [0, 0.1) is 0 Å². The summed E-state index contributed by atoms with van der Waals surface area (Å²) in [5.41, 5.74) is 2.61. The van der Waals surface area contributed by atoms with Gasteiger partial charge in [-0.2, -0.15) is 0 Å². The number of aromatic nitrogens is 1. The van der Waals surface area contributed by atoms with E-state index in [1.54, 1.807) is 12.1 Å². The van der Waals surface area contributed by atoms with Crippen molar-refractivity contribution < 1.29 is 9.59 Å². The first-order valence-corrected chi connectivity index (χ1v) is 15.4. The molecule has 5 heteroatoms. The van der Waals surface area contributed by atoms with Crippen molar-refractivity contribution in [2.45, 2.75) is 109 Å². The molecular weight excluding hydrogens is 482 g/mol. The number of hydrogen-bond acceptors (Lipinski definition) is 2. The monoisotopic (exact) mass is 531 g/mol. The molecule has 0 aliphatic rings. The first-order valence-electron chi connectivity index (χ1n) is 15.4. The fraction of sp³-hybridized carbons (Fsp3) is 0.529. The van der Waals surface area contributed by atoms with E-state index in [0.29, 0.717) is 18.5 Å². The van der Waals surface area contributed by atoms with E-state index in [1.165, 1.54) is 77.0 Å². The third-order valence-electron chi connectivity index (χ3n) is 7.59. The lowest BCUT2D eigenvalue weighted by molar-refractivity contribution is -0.122. The Labute approximate surface area is 235 Å². The number of hydrogen-bond donors (Lipinski definition) is 3. The van der Waals surface area contributed by atoms with Crippen molar-refractivity contribution in [3.63, 3.8) is 0 Å². The van der Waals surface area contributed by atoms with Crippen LogP contribution in [0.1, 0.15) is 113 Å². The molecular formula is C34H49N3O2. The van der Waals surface area contributed by atoms with Crippen LogP contribution in [-0.4, -0.2) is 29.4 Å². The molecule has 0 radical (unpaired) electrons. The summed E-state index contributed by atoms with van der Waals surface area (Å²) in [6, 6.07) is 16.5. The highest BCUT2D eigenvalue weighted by molar-refractivity contribution is 5.97. The van der Waals surface area contributed by atoms with Crippen LogP contribution in [0.4, 0.5) is 0 Å². The van der Waals surface area contributed by atoms with Gasteiger partial charge in [0.05, 0.1) is 0 Å². The van der Waals surface area contributed by atoms with Crippen molar-refractivity contribution >= 4 is 22.7 Å². The first kappa shape index (κ1) is 30.5. The highest BCUT2D eigenvalue weighted by atomic mass is 16.2. The lowest BCUT2D eigenvalue weighted by Crippen LogP contribution is -2.48. The maximum atomic E-state index is 13.2. The van der Waals surface area contributed by atoms with Gasteiger partial charge in [0.2, 0.25) is 5.91 Å². The minimum atomic E-state index is -0.636. The van der Waals surface area contributed by atoms with E-state index in [-0.39, 0.29) is 11.8 Å². The standard InChI is InChI=1S/C34H49N3O2/c1-2-3-4-5-6-7-8-9-10-11-12-13-14-20-25-35-34(39)32(37-33(38)28-21-16-15-17-22-28)26-29-27-36-31-24-19-18-23-30(29)31/h15-19,21-24,27,32,36H,2-14,20,25-26H2,1H3,(H,35,39)(H,37,38). The molecule has 0 spiro atoms. The summed E-state index contributed by atoms with van der Waals surface area (Å²) >= 11 is 0. The van der Waals surface area contributed by atoms with Crippen molar-refractivity contribution in [1.29, 1.82) is 0 Å². The number of amides is 2. The second kappa shape index (κ2) is 18.3. The topological polar surface area (TPSA) is 74.0 Å². The molecule has 0 saturated heterocycles. The Morgan fingerprint density at radius 3 is 1.92 bits per heavy atom.